The fourth-order valence-electron chi connectivity index (χ4n) is 3.81. The molecule has 0 bridgehead atoms. The lowest BCUT2D eigenvalue weighted by molar-refractivity contribution is -0.129. The van der Waals surface area contributed by atoms with E-state index in [1.54, 1.807) is 7.05 Å². The van der Waals surface area contributed by atoms with Crippen LogP contribution in [-0.2, 0) is 14.3 Å². The van der Waals surface area contributed by atoms with Crippen LogP contribution in [0.4, 0.5) is 4.79 Å². The van der Waals surface area contributed by atoms with Crippen LogP contribution in [0.5, 0.6) is 0 Å². The molecule has 7 nitrogen and oxygen atoms in total. The predicted octanol–water partition coefficient (Wildman–Crippen LogP) is 3.08. The number of Topliss-reactive ketones (excluding diaryl/α,β-unsaturated/α-hetero) is 2. The number of rotatable bonds is 4. The highest BCUT2D eigenvalue weighted by Gasteiger charge is 2.38. The molecule has 172 valence electrons. The molecule has 1 amide bonds. The summed E-state index contributed by atoms with van der Waals surface area (Å²) in [6.07, 6.45) is 6.11. The minimum absolute atomic E-state index is 0.0274. The summed E-state index contributed by atoms with van der Waals surface area (Å²) >= 11 is 0. The van der Waals surface area contributed by atoms with Crippen LogP contribution in [0.25, 0.3) is 0 Å². The van der Waals surface area contributed by atoms with Crippen LogP contribution in [0.2, 0.25) is 0 Å². The van der Waals surface area contributed by atoms with Crippen LogP contribution in [0.3, 0.4) is 0 Å². The van der Waals surface area contributed by atoms with Crippen LogP contribution in [0, 0.1) is 5.92 Å². The topological polar surface area (TPSA) is 87.7 Å². The summed E-state index contributed by atoms with van der Waals surface area (Å²) in [7, 11) is 1.66. The molecule has 0 aromatic carbocycles. The summed E-state index contributed by atoms with van der Waals surface area (Å²) in [4.78, 5) is 39.8. The van der Waals surface area contributed by atoms with Crippen molar-refractivity contribution in [1.29, 1.82) is 0 Å². The van der Waals surface area contributed by atoms with E-state index >= 15 is 0 Å². The Morgan fingerprint density at radius 2 is 1.83 bits per heavy atom. The van der Waals surface area contributed by atoms with Gasteiger partial charge in [-0.3, -0.25) is 14.9 Å². The van der Waals surface area contributed by atoms with Gasteiger partial charge in [-0.15, -0.1) is 0 Å². The van der Waals surface area contributed by atoms with E-state index in [2.05, 4.69) is 10.6 Å². The number of carbonyl (C=O) groups excluding carboxylic acids is 3. The van der Waals surface area contributed by atoms with Crippen molar-refractivity contribution in [2.45, 2.75) is 84.3 Å². The number of cyclic esters (lactones) is 1. The predicted molar refractivity (Wildman–Crippen MR) is 120 cm³/mol. The summed E-state index contributed by atoms with van der Waals surface area (Å²) in [5.74, 6) is -0.117. The van der Waals surface area contributed by atoms with Crippen molar-refractivity contribution in [3.63, 3.8) is 0 Å². The number of allylic oxidation sites excluding steroid dienone is 1. The van der Waals surface area contributed by atoms with Crippen molar-refractivity contribution < 1.29 is 19.1 Å². The summed E-state index contributed by atoms with van der Waals surface area (Å²) in [6, 6.07) is 0.164. The molecule has 0 aliphatic carbocycles. The second-order valence-electron chi connectivity index (χ2n) is 9.37. The van der Waals surface area contributed by atoms with E-state index in [4.69, 9.17) is 4.74 Å². The third-order valence-corrected chi connectivity index (χ3v) is 5.71. The van der Waals surface area contributed by atoms with Gasteiger partial charge in [0.05, 0.1) is 17.6 Å². The normalized spacial score (nSPS) is 29.2. The molecule has 1 rings (SSSR count). The van der Waals surface area contributed by atoms with Crippen molar-refractivity contribution in [2.24, 2.45) is 5.92 Å². The number of nitrogens with one attached hydrogen (secondary N) is 2. The summed E-state index contributed by atoms with van der Waals surface area (Å²) in [5, 5.41) is 6.67. The van der Waals surface area contributed by atoms with Gasteiger partial charge in [0.15, 0.2) is 11.6 Å². The Kier molecular flexibility index (Phi) is 10.2. The van der Waals surface area contributed by atoms with E-state index in [0.717, 1.165) is 12.8 Å². The fraction of sp³-hybridized carbons (Fsp3) is 0.783. The number of nitrogens with zero attached hydrogens (tertiary/aromatic N) is 1. The zero-order valence-electron chi connectivity index (χ0n) is 19.8. The Balaban J connectivity index is 3.13. The Bertz CT molecular complexity index is 632. The molecule has 2 atom stereocenters. The Hall–Kier alpha value is -1.73. The number of hydrogen-bond acceptors (Lipinski definition) is 6. The van der Waals surface area contributed by atoms with Crippen LogP contribution in [-0.4, -0.2) is 66.4 Å². The molecular weight excluding hydrogens is 382 g/mol. The number of amides is 1. The van der Waals surface area contributed by atoms with Gasteiger partial charge in [0, 0.05) is 25.6 Å². The van der Waals surface area contributed by atoms with Crippen molar-refractivity contribution in [3.05, 3.63) is 12.2 Å². The van der Waals surface area contributed by atoms with Gasteiger partial charge in [0.2, 0.25) is 0 Å². The van der Waals surface area contributed by atoms with Gasteiger partial charge >= 0.3 is 6.09 Å². The number of ketones is 2. The van der Waals surface area contributed by atoms with Crippen LogP contribution < -0.4 is 10.6 Å². The van der Waals surface area contributed by atoms with E-state index in [9.17, 15) is 14.4 Å². The highest BCUT2D eigenvalue weighted by atomic mass is 16.6. The first-order valence-electron chi connectivity index (χ1n) is 11.0. The van der Waals surface area contributed by atoms with Gasteiger partial charge in [-0.2, -0.15) is 0 Å². The van der Waals surface area contributed by atoms with Crippen LogP contribution in [0.15, 0.2) is 12.2 Å². The smallest absolute Gasteiger partial charge is 0.409 e. The van der Waals surface area contributed by atoms with Gasteiger partial charge in [-0.1, -0.05) is 26.0 Å². The van der Waals surface area contributed by atoms with Crippen molar-refractivity contribution >= 4 is 17.7 Å². The molecule has 0 spiro atoms. The average Bonchev–Trinajstić information content (AvgIpc) is 2.67. The van der Waals surface area contributed by atoms with Gasteiger partial charge in [0.1, 0.15) is 6.61 Å². The Morgan fingerprint density at radius 3 is 2.43 bits per heavy atom. The third kappa shape index (κ3) is 7.84. The van der Waals surface area contributed by atoms with Crippen molar-refractivity contribution in [2.75, 3.05) is 26.7 Å². The molecule has 0 fully saturated rings. The minimum Gasteiger partial charge on any atom is -0.445 e. The molecule has 1 heterocycles. The average molecular weight is 424 g/mol. The fourth-order valence-corrected chi connectivity index (χ4v) is 3.81. The highest BCUT2D eigenvalue weighted by molar-refractivity contribution is 5.93. The maximum absolute atomic E-state index is 13.2. The zero-order chi connectivity index (χ0) is 22.9. The Labute approximate surface area is 182 Å². The lowest BCUT2D eigenvalue weighted by atomic mass is 9.84. The molecule has 0 aromatic heterocycles. The van der Waals surface area contributed by atoms with E-state index in [1.807, 2.05) is 53.7 Å². The second-order valence-corrected chi connectivity index (χ2v) is 9.37. The highest BCUT2D eigenvalue weighted by Crippen LogP contribution is 2.21. The maximum Gasteiger partial charge on any atom is 0.409 e. The summed E-state index contributed by atoms with van der Waals surface area (Å²) < 4.78 is 5.27. The largest absolute Gasteiger partial charge is 0.445 e. The van der Waals surface area contributed by atoms with E-state index in [-0.39, 0.29) is 36.7 Å². The van der Waals surface area contributed by atoms with Crippen molar-refractivity contribution in [3.8, 4) is 0 Å². The lowest BCUT2D eigenvalue weighted by Crippen LogP contribution is -2.59. The first-order chi connectivity index (χ1) is 13.9. The van der Waals surface area contributed by atoms with E-state index in [1.165, 1.54) is 4.90 Å². The molecule has 30 heavy (non-hydrogen) atoms. The molecule has 7 heteroatoms. The number of ether oxygens (including phenoxy) is 1. The lowest BCUT2D eigenvalue weighted by Gasteiger charge is -2.36. The molecule has 1 aliphatic rings. The molecule has 0 aromatic rings. The molecule has 1 aliphatic heterocycles. The first-order valence-corrected chi connectivity index (χ1v) is 11.0. The number of carbonyl (C=O) groups is 3. The van der Waals surface area contributed by atoms with Crippen LogP contribution in [0.1, 0.15) is 67.2 Å². The Morgan fingerprint density at radius 1 is 1.17 bits per heavy atom. The molecule has 0 unspecified atom stereocenters. The maximum atomic E-state index is 13.2. The van der Waals surface area contributed by atoms with Gasteiger partial charge in [-0.25, -0.2) is 4.79 Å². The minimum atomic E-state index is -0.909. The second kappa shape index (κ2) is 11.6. The zero-order valence-corrected chi connectivity index (χ0v) is 19.8. The molecule has 0 saturated carbocycles. The summed E-state index contributed by atoms with van der Waals surface area (Å²) in [6.45, 7) is 12.2. The molecule has 2 N–H and O–H groups in total. The van der Waals surface area contributed by atoms with Crippen molar-refractivity contribution in [1.82, 2.24) is 15.5 Å². The third-order valence-electron chi connectivity index (χ3n) is 5.71. The first kappa shape index (κ1) is 26.3. The van der Waals surface area contributed by atoms with Gasteiger partial charge < -0.3 is 15.0 Å². The molecule has 0 saturated heterocycles. The monoisotopic (exact) mass is 423 g/mol. The van der Waals surface area contributed by atoms with E-state index in [0.29, 0.717) is 19.4 Å². The quantitative estimate of drug-likeness (QED) is 0.676. The SMILES string of the molecule is CC(C)N[C@]1(C)CCC/C=C/COC(=O)N(C)CC[C@](C)(C(=O)C(C)C)NCC1=O. The summed E-state index contributed by atoms with van der Waals surface area (Å²) in [5.41, 5.74) is -1.58. The number of hydrogen-bond donors (Lipinski definition) is 2. The van der Waals surface area contributed by atoms with E-state index < -0.39 is 17.2 Å². The standard InChI is InChI=1S/C23H41N3O4/c1-17(2)20(28)23(6)13-14-26(7)21(29)30-15-11-9-8-10-12-22(5,25-18(3)4)19(27)16-24-23/h9,11,17-18,24-25H,8,10,12-16H2,1-7H3/b11-9+/t22-,23-/m1/s1. The van der Waals surface area contributed by atoms with Gasteiger partial charge in [0.25, 0.3) is 0 Å². The molecular formula is C23H41N3O4. The van der Waals surface area contributed by atoms with Crippen LogP contribution >= 0.6 is 0 Å². The van der Waals surface area contributed by atoms with Gasteiger partial charge in [-0.05, 0) is 53.4 Å². The molecule has 0 radical (unpaired) electrons.